The van der Waals surface area contributed by atoms with Crippen molar-refractivity contribution >= 4 is 17.8 Å². The zero-order valence-electron chi connectivity index (χ0n) is 10.7. The number of carboxylic acids is 1. The fourth-order valence-corrected chi connectivity index (χ4v) is 1.99. The number of urea groups is 1. The number of carbonyl (C=O) groups is 2. The first-order chi connectivity index (χ1) is 8.99. The van der Waals surface area contributed by atoms with Gasteiger partial charge in [0.25, 0.3) is 0 Å². The van der Waals surface area contributed by atoms with Crippen molar-refractivity contribution in [3.63, 3.8) is 0 Å². The molecule has 1 aliphatic rings. The summed E-state index contributed by atoms with van der Waals surface area (Å²) in [6.45, 7) is 0.351. The topological polar surface area (TPSA) is 96.7 Å². The summed E-state index contributed by atoms with van der Waals surface area (Å²) in [5, 5.41) is 15.7. The summed E-state index contributed by atoms with van der Waals surface area (Å²) >= 11 is 0. The molecule has 104 valence electrons. The quantitative estimate of drug-likeness (QED) is 0.803. The number of carboxylic acid groups (broad SMARTS) is 1. The van der Waals surface area contributed by atoms with Crippen LogP contribution in [-0.2, 0) is 16.6 Å². The van der Waals surface area contributed by atoms with Gasteiger partial charge in [0, 0.05) is 26.4 Å². The fourth-order valence-electron chi connectivity index (χ4n) is 1.99. The number of anilines is 1. The Labute approximate surface area is 109 Å². The van der Waals surface area contributed by atoms with Crippen LogP contribution in [0.1, 0.15) is 0 Å². The minimum absolute atomic E-state index is 0.126. The van der Waals surface area contributed by atoms with Crippen molar-refractivity contribution in [2.75, 3.05) is 25.6 Å². The molecule has 2 N–H and O–H groups in total. The lowest BCUT2D eigenvalue weighted by Crippen LogP contribution is -2.46. The predicted octanol–water partition coefficient (Wildman–Crippen LogP) is -0.0166. The minimum Gasteiger partial charge on any atom is -0.481 e. The summed E-state index contributed by atoms with van der Waals surface area (Å²) in [4.78, 5) is 24.4. The van der Waals surface area contributed by atoms with E-state index in [1.165, 1.54) is 4.90 Å². The van der Waals surface area contributed by atoms with Crippen LogP contribution in [-0.4, -0.2) is 58.1 Å². The van der Waals surface area contributed by atoms with Crippen LogP contribution < -0.4 is 5.32 Å². The molecule has 8 nitrogen and oxygen atoms in total. The summed E-state index contributed by atoms with van der Waals surface area (Å²) in [7, 11) is 3.29. The lowest BCUT2D eigenvalue weighted by atomic mass is 10.0. The number of hydrogen-bond donors (Lipinski definition) is 2. The van der Waals surface area contributed by atoms with Crippen LogP contribution in [0.3, 0.4) is 0 Å². The van der Waals surface area contributed by atoms with E-state index in [-0.39, 0.29) is 13.2 Å². The highest BCUT2D eigenvalue weighted by atomic mass is 16.5. The monoisotopic (exact) mass is 268 g/mol. The Morgan fingerprint density at radius 3 is 2.89 bits per heavy atom. The van der Waals surface area contributed by atoms with Crippen molar-refractivity contribution in [2.24, 2.45) is 13.0 Å². The number of likely N-dealkylation sites (N-methyl/N-ethyl adjacent to an activating group) is 1. The number of aryl methyl sites for hydroxylation is 1. The van der Waals surface area contributed by atoms with Gasteiger partial charge in [0.15, 0.2) is 5.82 Å². The largest absolute Gasteiger partial charge is 0.481 e. The molecule has 19 heavy (non-hydrogen) atoms. The van der Waals surface area contributed by atoms with Crippen molar-refractivity contribution in [2.45, 2.75) is 6.04 Å². The van der Waals surface area contributed by atoms with Gasteiger partial charge in [-0.3, -0.25) is 14.8 Å². The summed E-state index contributed by atoms with van der Waals surface area (Å²) < 4.78 is 6.70. The second-order valence-electron chi connectivity index (χ2n) is 4.47. The van der Waals surface area contributed by atoms with E-state index in [0.29, 0.717) is 5.82 Å². The number of nitrogens with zero attached hydrogens (tertiary/aromatic N) is 3. The average molecular weight is 268 g/mol. The number of nitrogens with one attached hydrogen (secondary N) is 1. The van der Waals surface area contributed by atoms with Gasteiger partial charge >= 0.3 is 12.0 Å². The van der Waals surface area contributed by atoms with Gasteiger partial charge < -0.3 is 14.7 Å². The molecular weight excluding hydrogens is 252 g/mol. The molecule has 2 atom stereocenters. The van der Waals surface area contributed by atoms with Crippen LogP contribution in [0.4, 0.5) is 10.6 Å². The first kappa shape index (κ1) is 13.3. The van der Waals surface area contributed by atoms with Crippen LogP contribution >= 0.6 is 0 Å². The van der Waals surface area contributed by atoms with E-state index < -0.39 is 24.0 Å². The summed E-state index contributed by atoms with van der Waals surface area (Å²) in [5.74, 6) is -1.23. The zero-order valence-corrected chi connectivity index (χ0v) is 10.7. The molecule has 2 heterocycles. The zero-order chi connectivity index (χ0) is 14.0. The Hall–Kier alpha value is -2.09. The molecule has 0 saturated carbocycles. The number of ether oxygens (including phenoxy) is 1. The normalized spacial score (nSPS) is 22.2. The van der Waals surface area contributed by atoms with E-state index >= 15 is 0 Å². The highest BCUT2D eigenvalue weighted by Crippen LogP contribution is 2.19. The van der Waals surface area contributed by atoms with Gasteiger partial charge in [-0.25, -0.2) is 4.79 Å². The lowest BCUT2D eigenvalue weighted by molar-refractivity contribution is -0.142. The first-order valence-electron chi connectivity index (χ1n) is 5.83. The lowest BCUT2D eigenvalue weighted by Gasteiger charge is -2.26. The molecule has 1 aromatic heterocycles. The van der Waals surface area contributed by atoms with Gasteiger partial charge in [-0.05, 0) is 0 Å². The Kier molecular flexibility index (Phi) is 3.70. The maximum absolute atomic E-state index is 12.0. The number of aromatic nitrogens is 2. The third-order valence-corrected chi connectivity index (χ3v) is 3.13. The Bertz CT molecular complexity index is 487. The molecule has 0 radical (unpaired) electrons. The Morgan fingerprint density at radius 2 is 2.32 bits per heavy atom. The highest BCUT2D eigenvalue weighted by Gasteiger charge is 2.38. The van der Waals surface area contributed by atoms with E-state index in [0.717, 1.165) is 0 Å². The third kappa shape index (κ3) is 2.84. The molecule has 1 fully saturated rings. The Morgan fingerprint density at radius 1 is 1.58 bits per heavy atom. The number of rotatable bonds is 3. The average Bonchev–Trinajstić information content (AvgIpc) is 2.97. The minimum atomic E-state index is -0.958. The molecule has 8 heteroatoms. The fraction of sp³-hybridized carbons (Fsp3) is 0.545. The number of aliphatic carboxylic acids is 1. The molecule has 2 unspecified atom stereocenters. The van der Waals surface area contributed by atoms with Crippen LogP contribution in [0, 0.1) is 5.92 Å². The van der Waals surface area contributed by atoms with Crippen LogP contribution in [0.25, 0.3) is 0 Å². The van der Waals surface area contributed by atoms with Crippen molar-refractivity contribution < 1.29 is 19.4 Å². The Balaban J connectivity index is 2.00. The van der Waals surface area contributed by atoms with E-state index in [1.54, 1.807) is 31.0 Å². The van der Waals surface area contributed by atoms with Gasteiger partial charge in [-0.1, -0.05) is 0 Å². The van der Waals surface area contributed by atoms with Crippen LogP contribution in [0.2, 0.25) is 0 Å². The first-order valence-corrected chi connectivity index (χ1v) is 5.83. The van der Waals surface area contributed by atoms with Crippen molar-refractivity contribution in [3.05, 3.63) is 12.3 Å². The van der Waals surface area contributed by atoms with Crippen molar-refractivity contribution in [1.82, 2.24) is 14.7 Å². The highest BCUT2D eigenvalue weighted by molar-refractivity contribution is 5.88. The smallest absolute Gasteiger partial charge is 0.323 e. The summed E-state index contributed by atoms with van der Waals surface area (Å²) in [6.07, 6.45) is 1.70. The number of carbonyl (C=O) groups excluding carboxylic acids is 1. The van der Waals surface area contributed by atoms with Crippen molar-refractivity contribution in [1.29, 1.82) is 0 Å². The van der Waals surface area contributed by atoms with E-state index in [1.807, 2.05) is 0 Å². The molecule has 1 aromatic rings. The molecule has 1 aliphatic heterocycles. The second-order valence-corrected chi connectivity index (χ2v) is 4.47. The molecule has 0 aromatic carbocycles. The van der Waals surface area contributed by atoms with Gasteiger partial charge in [0.1, 0.15) is 5.92 Å². The summed E-state index contributed by atoms with van der Waals surface area (Å²) in [5.41, 5.74) is 0. The van der Waals surface area contributed by atoms with Gasteiger partial charge in [0.05, 0.1) is 19.3 Å². The third-order valence-electron chi connectivity index (χ3n) is 3.13. The number of hydrogen-bond acceptors (Lipinski definition) is 4. The van der Waals surface area contributed by atoms with E-state index in [2.05, 4.69) is 10.4 Å². The second kappa shape index (κ2) is 5.27. The molecule has 1 saturated heterocycles. The number of amides is 2. The van der Waals surface area contributed by atoms with E-state index in [4.69, 9.17) is 9.84 Å². The SMILES string of the molecule is CN(C(=O)Nc1ccn(C)n1)C1COCC1C(=O)O. The summed E-state index contributed by atoms with van der Waals surface area (Å²) in [6, 6.07) is 0.785. The van der Waals surface area contributed by atoms with E-state index in [9.17, 15) is 9.59 Å². The van der Waals surface area contributed by atoms with Gasteiger partial charge in [0.2, 0.25) is 0 Å². The molecule has 0 spiro atoms. The van der Waals surface area contributed by atoms with Gasteiger partial charge in [-0.15, -0.1) is 0 Å². The predicted molar refractivity (Wildman–Crippen MR) is 65.7 cm³/mol. The standard InChI is InChI=1S/C11H16N4O4/c1-14-4-3-9(13-14)12-11(18)15(2)8-6-19-5-7(8)10(16)17/h3-4,7-8H,5-6H2,1-2H3,(H,16,17)(H,12,13,18). The molecule has 0 bridgehead atoms. The maximum atomic E-state index is 12.0. The van der Waals surface area contributed by atoms with Gasteiger partial charge in [-0.2, -0.15) is 5.10 Å². The molecule has 0 aliphatic carbocycles. The van der Waals surface area contributed by atoms with Crippen LogP contribution in [0.15, 0.2) is 12.3 Å². The van der Waals surface area contributed by atoms with Crippen LogP contribution in [0.5, 0.6) is 0 Å². The van der Waals surface area contributed by atoms with Crippen molar-refractivity contribution in [3.8, 4) is 0 Å². The molecule has 2 rings (SSSR count). The molecule has 2 amide bonds. The molecular formula is C11H16N4O4. The maximum Gasteiger partial charge on any atom is 0.323 e.